The van der Waals surface area contributed by atoms with E-state index in [1.54, 1.807) is 33.5 Å². The van der Waals surface area contributed by atoms with Crippen molar-refractivity contribution in [1.82, 2.24) is 14.2 Å². The lowest BCUT2D eigenvalue weighted by Crippen LogP contribution is -2.39. The number of piperidine rings is 1. The molecule has 1 saturated heterocycles. The van der Waals surface area contributed by atoms with Gasteiger partial charge in [-0.05, 0) is 56.1 Å². The number of hydrogen-bond donors (Lipinski definition) is 0. The summed E-state index contributed by atoms with van der Waals surface area (Å²) in [7, 11) is -3.59. The van der Waals surface area contributed by atoms with Crippen LogP contribution in [0.1, 0.15) is 44.0 Å². The normalized spacial score (nSPS) is 17.4. The predicted octanol–water partition coefficient (Wildman–Crippen LogP) is 4.86. The fourth-order valence-electron chi connectivity index (χ4n) is 4.93. The van der Waals surface area contributed by atoms with Gasteiger partial charge in [-0.25, -0.2) is 13.4 Å². The Bertz CT molecular complexity index is 1370. The van der Waals surface area contributed by atoms with Gasteiger partial charge in [-0.1, -0.05) is 32.1 Å². The summed E-state index contributed by atoms with van der Waals surface area (Å²) in [5.74, 6) is 1.45. The number of ether oxygens (including phenoxy) is 2. The Morgan fingerprint density at radius 2 is 1.79 bits per heavy atom. The average molecular weight is 595 g/mol. The smallest absolute Gasteiger partial charge is 0.260 e. The van der Waals surface area contributed by atoms with Crippen molar-refractivity contribution in [3.05, 3.63) is 42.0 Å². The van der Waals surface area contributed by atoms with Crippen molar-refractivity contribution in [1.29, 1.82) is 0 Å². The van der Waals surface area contributed by atoms with Crippen molar-refractivity contribution < 1.29 is 22.7 Å². The SMILES string of the molecule is CCN(CC)CCN(C(=O)c1ccc(S(=O)(=O)N2CCCC(C)C2)cc1)c1nc2cc3c(cc2s1)OCO3.Cl. The van der Waals surface area contributed by atoms with E-state index in [0.717, 1.165) is 36.1 Å². The third-order valence-corrected chi connectivity index (χ3v) is 10.2. The van der Waals surface area contributed by atoms with Gasteiger partial charge in [-0.2, -0.15) is 4.31 Å². The molecule has 5 rings (SSSR count). The van der Waals surface area contributed by atoms with Crippen LogP contribution in [0.5, 0.6) is 11.5 Å². The molecular formula is C27H35ClN4O5S2. The molecule has 1 unspecified atom stereocenters. The lowest BCUT2D eigenvalue weighted by Gasteiger charge is -2.30. The molecule has 1 amide bonds. The number of carbonyl (C=O) groups excluding carboxylic acids is 1. The summed E-state index contributed by atoms with van der Waals surface area (Å²) < 4.78 is 39.8. The van der Waals surface area contributed by atoms with Gasteiger partial charge in [0.05, 0.1) is 15.1 Å². The highest BCUT2D eigenvalue weighted by molar-refractivity contribution is 7.89. The largest absolute Gasteiger partial charge is 0.454 e. The fourth-order valence-corrected chi connectivity index (χ4v) is 7.52. The number of likely N-dealkylation sites (N-methyl/N-ethyl adjacent to an activating group) is 1. The molecule has 1 atom stereocenters. The first kappa shape index (κ1) is 29.5. The minimum Gasteiger partial charge on any atom is -0.454 e. The third kappa shape index (κ3) is 6.17. The zero-order valence-electron chi connectivity index (χ0n) is 22.5. The molecule has 0 N–H and O–H groups in total. The summed E-state index contributed by atoms with van der Waals surface area (Å²) >= 11 is 1.42. The number of nitrogens with zero attached hydrogens (tertiary/aromatic N) is 4. The number of halogens is 1. The number of sulfonamides is 1. The average Bonchev–Trinajstić information content (AvgIpc) is 3.55. The van der Waals surface area contributed by atoms with E-state index in [1.165, 1.54) is 11.3 Å². The van der Waals surface area contributed by atoms with Crippen molar-refractivity contribution in [3.63, 3.8) is 0 Å². The van der Waals surface area contributed by atoms with Crippen LogP contribution in [-0.2, 0) is 10.0 Å². The maximum absolute atomic E-state index is 13.8. The first-order valence-electron chi connectivity index (χ1n) is 13.1. The van der Waals surface area contributed by atoms with E-state index >= 15 is 0 Å². The topological polar surface area (TPSA) is 92.3 Å². The second kappa shape index (κ2) is 12.4. The summed E-state index contributed by atoms with van der Waals surface area (Å²) in [4.78, 5) is 22.7. The Morgan fingerprint density at radius 3 is 2.46 bits per heavy atom. The van der Waals surface area contributed by atoms with Crippen molar-refractivity contribution in [2.75, 3.05) is 51.0 Å². The monoisotopic (exact) mass is 594 g/mol. The van der Waals surface area contributed by atoms with Crippen molar-refractivity contribution >= 4 is 55.0 Å². The van der Waals surface area contributed by atoms with Crippen LogP contribution < -0.4 is 14.4 Å². The Balaban J connectivity index is 0.00000353. The number of hydrogen-bond acceptors (Lipinski definition) is 8. The zero-order valence-corrected chi connectivity index (χ0v) is 24.9. The number of amides is 1. The number of anilines is 1. The van der Waals surface area contributed by atoms with Crippen LogP contribution in [0.4, 0.5) is 5.13 Å². The Labute approximate surface area is 240 Å². The van der Waals surface area contributed by atoms with E-state index in [1.807, 2.05) is 12.1 Å². The van der Waals surface area contributed by atoms with Crippen LogP contribution >= 0.6 is 23.7 Å². The molecule has 212 valence electrons. The molecule has 0 aliphatic carbocycles. The molecule has 3 heterocycles. The lowest BCUT2D eigenvalue weighted by molar-refractivity contribution is 0.0983. The van der Waals surface area contributed by atoms with E-state index < -0.39 is 10.0 Å². The molecule has 0 saturated carbocycles. The second-order valence-electron chi connectivity index (χ2n) is 9.79. The molecule has 0 bridgehead atoms. The van der Waals surface area contributed by atoms with Gasteiger partial charge >= 0.3 is 0 Å². The van der Waals surface area contributed by atoms with E-state index in [0.29, 0.717) is 54.3 Å². The molecule has 1 aromatic heterocycles. The van der Waals surface area contributed by atoms with Gasteiger partial charge in [0.25, 0.3) is 5.91 Å². The second-order valence-corrected chi connectivity index (χ2v) is 12.7. The van der Waals surface area contributed by atoms with Gasteiger partial charge in [-0.15, -0.1) is 12.4 Å². The highest BCUT2D eigenvalue weighted by atomic mass is 35.5. The van der Waals surface area contributed by atoms with Gasteiger partial charge in [0, 0.05) is 43.9 Å². The van der Waals surface area contributed by atoms with Crippen LogP contribution in [-0.4, -0.2) is 74.6 Å². The molecule has 0 radical (unpaired) electrons. The maximum Gasteiger partial charge on any atom is 0.260 e. The van der Waals surface area contributed by atoms with Crippen molar-refractivity contribution in [2.45, 2.75) is 38.5 Å². The number of thiazole rings is 1. The van der Waals surface area contributed by atoms with Crippen LogP contribution in [0.25, 0.3) is 10.2 Å². The van der Waals surface area contributed by atoms with Crippen LogP contribution in [0.3, 0.4) is 0 Å². The number of rotatable bonds is 9. The fraction of sp³-hybridized carbons (Fsp3) is 0.481. The summed E-state index contributed by atoms with van der Waals surface area (Å²) in [6.45, 7) is 10.4. The van der Waals surface area contributed by atoms with E-state index in [2.05, 4.69) is 25.7 Å². The molecule has 2 aliphatic rings. The van der Waals surface area contributed by atoms with Gasteiger partial charge in [0.2, 0.25) is 16.8 Å². The third-order valence-electron chi connectivity index (χ3n) is 7.24. The quantitative estimate of drug-likeness (QED) is 0.349. The lowest BCUT2D eigenvalue weighted by atomic mass is 10.0. The Kier molecular flexibility index (Phi) is 9.38. The first-order valence-corrected chi connectivity index (χ1v) is 15.4. The number of fused-ring (bicyclic) bond motifs is 2. The molecular weight excluding hydrogens is 560 g/mol. The highest BCUT2D eigenvalue weighted by Gasteiger charge is 2.29. The Hall–Kier alpha value is -2.44. The van der Waals surface area contributed by atoms with E-state index in [4.69, 9.17) is 14.5 Å². The zero-order chi connectivity index (χ0) is 26.9. The minimum atomic E-state index is -3.59. The molecule has 3 aromatic rings. The standard InChI is InChI=1S/C27H34N4O5S2.ClH/c1-4-29(5-2)13-14-31(27-28-22-15-23-24(36-18-35-23)16-25(22)37-27)26(32)20-8-10-21(11-9-20)38(33,34)30-12-6-7-19(3)17-30;/h8-11,15-16,19H,4-7,12-14,17-18H2,1-3H3;1H. The van der Waals surface area contributed by atoms with Crippen LogP contribution in [0, 0.1) is 5.92 Å². The molecule has 9 nitrogen and oxygen atoms in total. The van der Waals surface area contributed by atoms with Crippen LogP contribution in [0.15, 0.2) is 41.3 Å². The highest BCUT2D eigenvalue weighted by Crippen LogP contribution is 2.40. The van der Waals surface area contributed by atoms with Gasteiger partial charge in [-0.3, -0.25) is 9.69 Å². The molecule has 0 spiro atoms. The summed E-state index contributed by atoms with van der Waals surface area (Å²) in [6.07, 6.45) is 1.90. The molecule has 2 aromatic carbocycles. The van der Waals surface area contributed by atoms with Gasteiger partial charge in [0.1, 0.15) is 0 Å². The number of carbonyl (C=O) groups is 1. The predicted molar refractivity (Wildman–Crippen MR) is 156 cm³/mol. The summed E-state index contributed by atoms with van der Waals surface area (Å²) in [5, 5.41) is 0.583. The maximum atomic E-state index is 13.8. The first-order chi connectivity index (χ1) is 18.3. The van der Waals surface area contributed by atoms with Crippen molar-refractivity contribution in [3.8, 4) is 11.5 Å². The van der Waals surface area contributed by atoms with Crippen LogP contribution in [0.2, 0.25) is 0 Å². The van der Waals surface area contributed by atoms with Gasteiger partial charge in [0.15, 0.2) is 16.6 Å². The molecule has 2 aliphatic heterocycles. The minimum absolute atomic E-state index is 0. The molecule has 1 fully saturated rings. The Morgan fingerprint density at radius 1 is 1.10 bits per heavy atom. The molecule has 12 heteroatoms. The number of aromatic nitrogens is 1. The van der Waals surface area contributed by atoms with E-state index in [-0.39, 0.29) is 30.0 Å². The summed E-state index contributed by atoms with van der Waals surface area (Å²) in [5.41, 5.74) is 1.16. The van der Waals surface area contributed by atoms with E-state index in [9.17, 15) is 13.2 Å². The molecule has 39 heavy (non-hydrogen) atoms. The number of benzene rings is 2. The van der Waals surface area contributed by atoms with Crippen molar-refractivity contribution in [2.24, 2.45) is 5.92 Å². The summed E-state index contributed by atoms with van der Waals surface area (Å²) in [6, 6.07) is 10.0. The van der Waals surface area contributed by atoms with Gasteiger partial charge < -0.3 is 14.4 Å².